The Balaban J connectivity index is 2.29. The quantitative estimate of drug-likeness (QED) is 0.663. The van der Waals surface area contributed by atoms with Crippen LogP contribution >= 0.6 is 24.4 Å². The summed E-state index contributed by atoms with van der Waals surface area (Å²) in [5.74, 6) is 0. The van der Waals surface area contributed by atoms with Crippen molar-refractivity contribution in [3.8, 4) is 6.01 Å². The number of aromatic nitrogens is 3. The number of hydrogen-bond donors (Lipinski definition) is 2. The average Bonchev–Trinajstić information content (AvgIpc) is 2.36. The van der Waals surface area contributed by atoms with Gasteiger partial charge < -0.3 is 9.72 Å². The number of benzene rings is 1. The molecule has 0 saturated heterocycles. The molecule has 1 aromatic carbocycles. The molecule has 2 aromatic rings. The highest BCUT2D eigenvalue weighted by molar-refractivity contribution is 7.71. The maximum absolute atomic E-state index is 5.67. The summed E-state index contributed by atoms with van der Waals surface area (Å²) in [6.45, 7) is 3.75. The van der Waals surface area contributed by atoms with Crippen molar-refractivity contribution in [1.29, 1.82) is 0 Å². The highest BCUT2D eigenvalue weighted by Gasteiger charge is 2.09. The summed E-state index contributed by atoms with van der Waals surface area (Å²) in [7, 11) is 0. The molecule has 92 valence electrons. The molecule has 6 heteroatoms. The van der Waals surface area contributed by atoms with Gasteiger partial charge in [0.05, 0.1) is 0 Å². The summed E-state index contributed by atoms with van der Waals surface area (Å²) >= 11 is 9.90. The Labute approximate surface area is 114 Å². The van der Waals surface area contributed by atoms with Crippen molar-refractivity contribution in [3.05, 3.63) is 58.1 Å². The maximum Gasteiger partial charge on any atom is 0.299 e. The number of rotatable bonds is 4. The molecule has 0 aliphatic heterocycles. The van der Waals surface area contributed by atoms with Gasteiger partial charge in [-0.05, 0) is 36.1 Å². The molecule has 0 radical (unpaired) electrons. The predicted molar refractivity (Wildman–Crippen MR) is 74.6 cm³/mol. The second kappa shape index (κ2) is 5.70. The SMILES string of the molecule is C=CC(Oc1nc(=S)[nH]c(=S)[nH]1)c1ccccc1. The largest absolute Gasteiger partial charge is 0.452 e. The van der Waals surface area contributed by atoms with Crippen LogP contribution in [0.4, 0.5) is 0 Å². The Kier molecular flexibility index (Phi) is 4.01. The number of H-pyrrole nitrogens is 2. The monoisotopic (exact) mass is 277 g/mol. The van der Waals surface area contributed by atoms with Gasteiger partial charge in [-0.3, -0.25) is 4.98 Å². The van der Waals surface area contributed by atoms with Crippen LogP contribution in [0.3, 0.4) is 0 Å². The zero-order valence-corrected chi connectivity index (χ0v) is 11.1. The molecule has 4 nitrogen and oxygen atoms in total. The van der Waals surface area contributed by atoms with E-state index in [1.807, 2.05) is 30.3 Å². The summed E-state index contributed by atoms with van der Waals surface area (Å²) in [6, 6.07) is 9.98. The van der Waals surface area contributed by atoms with Crippen molar-refractivity contribution in [1.82, 2.24) is 15.0 Å². The van der Waals surface area contributed by atoms with E-state index in [1.54, 1.807) is 6.08 Å². The first-order chi connectivity index (χ1) is 8.69. The van der Waals surface area contributed by atoms with Gasteiger partial charge in [0.15, 0.2) is 4.77 Å². The molecule has 0 aliphatic carbocycles. The summed E-state index contributed by atoms with van der Waals surface area (Å²) < 4.78 is 6.33. The highest BCUT2D eigenvalue weighted by Crippen LogP contribution is 2.19. The lowest BCUT2D eigenvalue weighted by atomic mass is 10.1. The lowest BCUT2D eigenvalue weighted by Crippen LogP contribution is -2.07. The molecular weight excluding hydrogens is 266 g/mol. The van der Waals surface area contributed by atoms with Crippen LogP contribution in [0.25, 0.3) is 0 Å². The van der Waals surface area contributed by atoms with Crippen LogP contribution in [0.2, 0.25) is 0 Å². The summed E-state index contributed by atoms with van der Waals surface area (Å²) in [6.07, 6.45) is 1.38. The van der Waals surface area contributed by atoms with Gasteiger partial charge in [0.1, 0.15) is 6.10 Å². The molecule has 0 aliphatic rings. The van der Waals surface area contributed by atoms with E-state index in [2.05, 4.69) is 21.5 Å². The minimum absolute atomic E-state index is 0.275. The van der Waals surface area contributed by atoms with Crippen LogP contribution in [0.15, 0.2) is 43.0 Å². The zero-order chi connectivity index (χ0) is 13.0. The molecule has 1 heterocycles. The van der Waals surface area contributed by atoms with Gasteiger partial charge in [-0.1, -0.05) is 36.9 Å². The Morgan fingerprint density at radius 1 is 1.22 bits per heavy atom. The fourth-order valence-electron chi connectivity index (χ4n) is 1.44. The van der Waals surface area contributed by atoms with Crippen molar-refractivity contribution in [2.45, 2.75) is 6.10 Å². The van der Waals surface area contributed by atoms with Crippen molar-refractivity contribution in [2.24, 2.45) is 0 Å². The van der Waals surface area contributed by atoms with E-state index in [-0.39, 0.29) is 16.9 Å². The number of nitrogens with one attached hydrogen (secondary N) is 2. The van der Waals surface area contributed by atoms with Crippen molar-refractivity contribution < 1.29 is 4.74 Å². The van der Waals surface area contributed by atoms with E-state index in [1.165, 1.54) is 0 Å². The molecule has 2 rings (SSSR count). The zero-order valence-electron chi connectivity index (χ0n) is 9.42. The topological polar surface area (TPSA) is 53.7 Å². The van der Waals surface area contributed by atoms with Crippen molar-refractivity contribution in [2.75, 3.05) is 0 Å². The van der Waals surface area contributed by atoms with Crippen LogP contribution in [0.5, 0.6) is 6.01 Å². The number of aromatic amines is 2. The summed E-state index contributed by atoms with van der Waals surface area (Å²) in [4.78, 5) is 9.51. The van der Waals surface area contributed by atoms with E-state index in [4.69, 9.17) is 29.2 Å². The minimum atomic E-state index is -0.304. The van der Waals surface area contributed by atoms with Crippen LogP contribution in [0.1, 0.15) is 11.7 Å². The molecule has 1 unspecified atom stereocenters. The molecule has 0 bridgehead atoms. The molecular formula is C12H11N3OS2. The summed E-state index contributed by atoms with van der Waals surface area (Å²) in [5.41, 5.74) is 0.979. The third-order valence-corrected chi connectivity index (χ3v) is 2.62. The molecule has 18 heavy (non-hydrogen) atoms. The minimum Gasteiger partial charge on any atom is -0.452 e. The first-order valence-electron chi connectivity index (χ1n) is 5.24. The third-order valence-electron chi connectivity index (χ3n) is 2.22. The van der Waals surface area contributed by atoms with Crippen LogP contribution in [-0.2, 0) is 0 Å². The van der Waals surface area contributed by atoms with Crippen LogP contribution in [-0.4, -0.2) is 15.0 Å². The fraction of sp³-hybridized carbons (Fsp3) is 0.0833. The fourth-order valence-corrected chi connectivity index (χ4v) is 1.88. The Morgan fingerprint density at radius 3 is 2.56 bits per heavy atom. The van der Waals surface area contributed by atoms with E-state index in [0.717, 1.165) is 5.56 Å². The van der Waals surface area contributed by atoms with Gasteiger partial charge in [0.2, 0.25) is 4.77 Å². The smallest absolute Gasteiger partial charge is 0.299 e. The molecule has 0 fully saturated rings. The van der Waals surface area contributed by atoms with Crippen molar-refractivity contribution >= 4 is 24.4 Å². The van der Waals surface area contributed by atoms with E-state index in [9.17, 15) is 0 Å². The van der Waals surface area contributed by atoms with Gasteiger partial charge in [-0.25, -0.2) is 0 Å². The number of ether oxygens (including phenoxy) is 1. The molecule has 0 saturated carbocycles. The van der Waals surface area contributed by atoms with Crippen LogP contribution in [0, 0.1) is 9.54 Å². The lowest BCUT2D eigenvalue weighted by Gasteiger charge is -2.14. The number of nitrogens with zero attached hydrogens (tertiary/aromatic N) is 1. The highest BCUT2D eigenvalue weighted by atomic mass is 32.1. The Hall–Kier alpha value is -1.79. The van der Waals surface area contributed by atoms with Gasteiger partial charge in [-0.15, -0.1) is 0 Å². The average molecular weight is 277 g/mol. The standard InChI is InChI=1S/C12H11N3OS2/c1-2-9(8-6-4-3-5-7-8)16-10-13-11(17)15-12(18)14-10/h2-7,9H,1H2,(H2,13,14,15,17,18). The van der Waals surface area contributed by atoms with Crippen molar-refractivity contribution in [3.63, 3.8) is 0 Å². The van der Waals surface area contributed by atoms with E-state index >= 15 is 0 Å². The first-order valence-corrected chi connectivity index (χ1v) is 6.05. The van der Waals surface area contributed by atoms with Crippen LogP contribution < -0.4 is 4.74 Å². The van der Waals surface area contributed by atoms with E-state index in [0.29, 0.717) is 4.77 Å². The van der Waals surface area contributed by atoms with Gasteiger partial charge >= 0.3 is 0 Å². The first kappa shape index (κ1) is 12.7. The second-order valence-electron chi connectivity index (χ2n) is 3.49. The normalized spacial score (nSPS) is 11.8. The Bertz CT molecular complexity index is 620. The lowest BCUT2D eigenvalue weighted by molar-refractivity contribution is 0.232. The maximum atomic E-state index is 5.67. The third kappa shape index (κ3) is 3.12. The molecule has 1 aromatic heterocycles. The molecule has 0 amide bonds. The predicted octanol–water partition coefficient (Wildman–Crippen LogP) is 3.50. The van der Waals surface area contributed by atoms with E-state index < -0.39 is 0 Å². The van der Waals surface area contributed by atoms with Gasteiger partial charge in [0, 0.05) is 0 Å². The molecule has 2 N–H and O–H groups in total. The molecule has 0 spiro atoms. The van der Waals surface area contributed by atoms with Gasteiger partial charge in [-0.2, -0.15) is 4.98 Å². The second-order valence-corrected chi connectivity index (χ2v) is 4.28. The Morgan fingerprint density at radius 2 is 1.94 bits per heavy atom. The number of hydrogen-bond acceptors (Lipinski definition) is 4. The summed E-state index contributed by atoms with van der Waals surface area (Å²) in [5, 5.41) is 0. The van der Waals surface area contributed by atoms with Gasteiger partial charge in [0.25, 0.3) is 6.01 Å². The molecule has 1 atom stereocenters.